The van der Waals surface area contributed by atoms with Crippen molar-refractivity contribution in [3.05, 3.63) is 58.7 Å². The maximum atomic E-state index is 12.8. The molecule has 0 radical (unpaired) electrons. The molecule has 2 aliphatic rings. The van der Waals surface area contributed by atoms with Gasteiger partial charge in [-0.25, -0.2) is 0 Å². The molecule has 0 atom stereocenters. The highest BCUT2D eigenvalue weighted by atomic mass is 16.7. The average Bonchev–Trinajstić information content (AvgIpc) is 3.16. The summed E-state index contributed by atoms with van der Waals surface area (Å²) < 4.78 is 10.7. The van der Waals surface area contributed by atoms with E-state index < -0.39 is 0 Å². The van der Waals surface area contributed by atoms with Crippen molar-refractivity contribution in [2.45, 2.75) is 20.8 Å². The highest BCUT2D eigenvalue weighted by molar-refractivity contribution is 6.32. The Morgan fingerprint density at radius 3 is 2.60 bits per heavy atom. The zero-order valence-corrected chi connectivity index (χ0v) is 14.4. The molecule has 25 heavy (non-hydrogen) atoms. The van der Waals surface area contributed by atoms with Crippen molar-refractivity contribution in [2.24, 2.45) is 5.10 Å². The van der Waals surface area contributed by atoms with E-state index in [1.165, 1.54) is 10.6 Å². The Balaban J connectivity index is 1.67. The van der Waals surface area contributed by atoms with Gasteiger partial charge in [-0.3, -0.25) is 4.79 Å². The fourth-order valence-corrected chi connectivity index (χ4v) is 2.89. The molecule has 2 aromatic rings. The number of hydrogen-bond donors (Lipinski definition) is 0. The number of carbonyl (C=O) groups excluding carboxylic acids is 1. The van der Waals surface area contributed by atoms with Gasteiger partial charge in [0, 0.05) is 0 Å². The van der Waals surface area contributed by atoms with Crippen molar-refractivity contribution in [3.8, 4) is 11.5 Å². The Hall–Kier alpha value is -3.08. The van der Waals surface area contributed by atoms with Gasteiger partial charge >= 0.3 is 0 Å². The van der Waals surface area contributed by atoms with Crippen molar-refractivity contribution in [2.75, 3.05) is 11.8 Å². The van der Waals surface area contributed by atoms with Crippen LogP contribution in [0.4, 0.5) is 5.69 Å². The van der Waals surface area contributed by atoms with Gasteiger partial charge in [0.05, 0.1) is 17.0 Å². The molecule has 0 saturated carbocycles. The molecule has 0 spiro atoms. The molecule has 5 nitrogen and oxygen atoms in total. The maximum Gasteiger partial charge on any atom is 0.280 e. The number of hydrazone groups is 1. The summed E-state index contributed by atoms with van der Waals surface area (Å²) in [6.45, 7) is 6.15. The molecule has 2 aromatic carbocycles. The zero-order valence-electron chi connectivity index (χ0n) is 14.4. The van der Waals surface area contributed by atoms with E-state index in [4.69, 9.17) is 9.47 Å². The van der Waals surface area contributed by atoms with Gasteiger partial charge in [0.25, 0.3) is 5.91 Å². The van der Waals surface area contributed by atoms with E-state index in [0.29, 0.717) is 17.0 Å². The second-order valence-corrected chi connectivity index (χ2v) is 6.24. The third-order valence-electron chi connectivity index (χ3n) is 4.51. The predicted molar refractivity (Wildman–Crippen MR) is 97.1 cm³/mol. The molecule has 2 heterocycles. The Kier molecular flexibility index (Phi) is 3.57. The summed E-state index contributed by atoms with van der Waals surface area (Å²) in [6, 6.07) is 11.5. The van der Waals surface area contributed by atoms with Crippen LogP contribution in [0.5, 0.6) is 11.5 Å². The average molecular weight is 334 g/mol. The number of fused-ring (bicyclic) bond motifs is 1. The van der Waals surface area contributed by atoms with Crippen LogP contribution in [-0.2, 0) is 4.79 Å². The minimum atomic E-state index is -0.126. The number of anilines is 1. The van der Waals surface area contributed by atoms with Crippen LogP contribution in [0, 0.1) is 13.8 Å². The highest BCUT2D eigenvalue weighted by Crippen LogP contribution is 2.34. The lowest BCUT2D eigenvalue weighted by Crippen LogP contribution is -2.21. The van der Waals surface area contributed by atoms with E-state index in [9.17, 15) is 4.79 Å². The molecule has 0 fully saturated rings. The third-order valence-corrected chi connectivity index (χ3v) is 4.51. The van der Waals surface area contributed by atoms with Gasteiger partial charge in [-0.05, 0) is 67.8 Å². The number of aryl methyl sites for hydroxylation is 2. The van der Waals surface area contributed by atoms with E-state index >= 15 is 0 Å². The number of rotatable bonds is 2. The largest absolute Gasteiger partial charge is 0.454 e. The van der Waals surface area contributed by atoms with Gasteiger partial charge in [-0.1, -0.05) is 12.1 Å². The van der Waals surface area contributed by atoms with Gasteiger partial charge in [-0.15, -0.1) is 0 Å². The van der Waals surface area contributed by atoms with Crippen molar-refractivity contribution >= 4 is 23.4 Å². The van der Waals surface area contributed by atoms with E-state index in [1.807, 2.05) is 63.2 Å². The first-order valence-corrected chi connectivity index (χ1v) is 8.11. The normalized spacial score (nSPS) is 17.4. The summed E-state index contributed by atoms with van der Waals surface area (Å²) in [7, 11) is 0. The molecular formula is C20H18N2O3. The first-order chi connectivity index (χ1) is 12.0. The van der Waals surface area contributed by atoms with Crippen molar-refractivity contribution in [3.63, 3.8) is 0 Å². The van der Waals surface area contributed by atoms with Crippen LogP contribution in [0.15, 0.2) is 47.1 Å². The standard InChI is InChI=1S/C20H18N2O3/c1-12-4-6-16(8-13(12)2)22-20(23)17(14(3)21-22)9-15-5-7-18-19(10-15)25-11-24-18/h4-10H,11H2,1-3H3/b17-9-. The Morgan fingerprint density at radius 1 is 1.00 bits per heavy atom. The summed E-state index contributed by atoms with van der Waals surface area (Å²) in [5.74, 6) is 1.29. The van der Waals surface area contributed by atoms with Crippen LogP contribution in [-0.4, -0.2) is 18.4 Å². The first-order valence-electron chi connectivity index (χ1n) is 8.11. The fraction of sp³-hybridized carbons (Fsp3) is 0.200. The second kappa shape index (κ2) is 5.77. The van der Waals surface area contributed by atoms with E-state index in [-0.39, 0.29) is 12.7 Å². The molecule has 0 aromatic heterocycles. The fourth-order valence-electron chi connectivity index (χ4n) is 2.89. The van der Waals surface area contributed by atoms with Gasteiger partial charge in [0.2, 0.25) is 6.79 Å². The molecule has 0 N–H and O–H groups in total. The summed E-state index contributed by atoms with van der Waals surface area (Å²) in [5, 5.41) is 5.90. The van der Waals surface area contributed by atoms with Gasteiger partial charge in [-0.2, -0.15) is 10.1 Å². The van der Waals surface area contributed by atoms with Crippen LogP contribution in [0.3, 0.4) is 0 Å². The quantitative estimate of drug-likeness (QED) is 0.784. The molecule has 0 unspecified atom stereocenters. The molecule has 2 aliphatic heterocycles. The molecule has 126 valence electrons. The SMILES string of the molecule is CC1=NN(c2ccc(C)c(C)c2)C(=O)/C1=C\c1ccc2c(c1)OCO2. The van der Waals surface area contributed by atoms with Crippen molar-refractivity contribution < 1.29 is 14.3 Å². The molecule has 0 bridgehead atoms. The molecule has 1 amide bonds. The Morgan fingerprint density at radius 2 is 1.80 bits per heavy atom. The second-order valence-electron chi connectivity index (χ2n) is 6.24. The van der Waals surface area contributed by atoms with E-state index in [2.05, 4.69) is 5.10 Å². The number of carbonyl (C=O) groups is 1. The number of amides is 1. The lowest BCUT2D eigenvalue weighted by molar-refractivity contribution is -0.114. The minimum Gasteiger partial charge on any atom is -0.454 e. The third kappa shape index (κ3) is 2.67. The Bertz CT molecular complexity index is 944. The molecular weight excluding hydrogens is 316 g/mol. The minimum absolute atomic E-state index is 0.126. The lowest BCUT2D eigenvalue weighted by atomic mass is 10.1. The first kappa shape index (κ1) is 15.4. The van der Waals surface area contributed by atoms with E-state index in [0.717, 1.165) is 22.6 Å². The van der Waals surface area contributed by atoms with Crippen LogP contribution in [0.25, 0.3) is 6.08 Å². The van der Waals surface area contributed by atoms with Gasteiger partial charge in [0.15, 0.2) is 11.5 Å². The van der Waals surface area contributed by atoms with Gasteiger partial charge < -0.3 is 9.47 Å². The number of ether oxygens (including phenoxy) is 2. The van der Waals surface area contributed by atoms with Gasteiger partial charge in [0.1, 0.15) is 0 Å². The summed E-state index contributed by atoms with van der Waals surface area (Å²) >= 11 is 0. The summed E-state index contributed by atoms with van der Waals surface area (Å²) in [6.07, 6.45) is 1.84. The highest BCUT2D eigenvalue weighted by Gasteiger charge is 2.29. The van der Waals surface area contributed by atoms with Crippen LogP contribution in [0.1, 0.15) is 23.6 Å². The summed E-state index contributed by atoms with van der Waals surface area (Å²) in [4.78, 5) is 12.8. The van der Waals surface area contributed by atoms with Crippen LogP contribution < -0.4 is 14.5 Å². The van der Waals surface area contributed by atoms with Crippen LogP contribution in [0.2, 0.25) is 0 Å². The summed E-state index contributed by atoms with van der Waals surface area (Å²) in [5.41, 5.74) is 5.25. The topological polar surface area (TPSA) is 51.1 Å². The Labute approximate surface area is 146 Å². The monoisotopic (exact) mass is 334 g/mol. The smallest absolute Gasteiger partial charge is 0.280 e. The lowest BCUT2D eigenvalue weighted by Gasteiger charge is -2.13. The number of hydrogen-bond acceptors (Lipinski definition) is 4. The molecule has 5 heteroatoms. The zero-order chi connectivity index (χ0) is 17.6. The molecule has 0 saturated heterocycles. The van der Waals surface area contributed by atoms with Crippen molar-refractivity contribution in [1.82, 2.24) is 0 Å². The molecule has 0 aliphatic carbocycles. The molecule has 4 rings (SSSR count). The number of nitrogens with zero attached hydrogens (tertiary/aromatic N) is 2. The van der Waals surface area contributed by atoms with Crippen LogP contribution >= 0.6 is 0 Å². The van der Waals surface area contributed by atoms with E-state index in [1.54, 1.807) is 0 Å². The predicted octanol–water partition coefficient (Wildman–Crippen LogP) is 3.84. The number of benzene rings is 2. The van der Waals surface area contributed by atoms with Crippen molar-refractivity contribution in [1.29, 1.82) is 0 Å². The maximum absolute atomic E-state index is 12.8.